The van der Waals surface area contributed by atoms with Gasteiger partial charge in [-0.25, -0.2) is 0 Å². The predicted octanol–water partition coefficient (Wildman–Crippen LogP) is 0.564. The van der Waals surface area contributed by atoms with Gasteiger partial charge < -0.3 is 9.84 Å². The molecular weight excluding hydrogens is 218 g/mol. The monoisotopic (exact) mass is 239 g/mol. The molecule has 1 aliphatic heterocycles. The second-order valence-corrected chi connectivity index (χ2v) is 5.10. The first-order valence-electron chi connectivity index (χ1n) is 6.01. The minimum Gasteiger partial charge on any atom is -0.386 e. The third-order valence-electron chi connectivity index (χ3n) is 3.54. The van der Waals surface area contributed by atoms with Crippen LogP contribution < -0.4 is 0 Å². The summed E-state index contributed by atoms with van der Waals surface area (Å²) >= 11 is 0. The van der Waals surface area contributed by atoms with Crippen LogP contribution in [0.5, 0.6) is 0 Å². The number of ether oxygens (including phenoxy) is 1. The Morgan fingerprint density at radius 2 is 2.06 bits per heavy atom. The number of aryl methyl sites for hydroxylation is 1. The van der Waals surface area contributed by atoms with E-state index in [-0.39, 0.29) is 5.54 Å². The topological polar surface area (TPSA) is 50.5 Å². The summed E-state index contributed by atoms with van der Waals surface area (Å²) in [6.07, 6.45) is 3.06. The summed E-state index contributed by atoms with van der Waals surface area (Å²) in [5.41, 5.74) is 0.566. The maximum Gasteiger partial charge on any atom is 0.0998 e. The van der Waals surface area contributed by atoms with Gasteiger partial charge >= 0.3 is 0 Å². The third kappa shape index (κ3) is 2.51. The van der Waals surface area contributed by atoms with Gasteiger partial charge in [-0.1, -0.05) is 0 Å². The van der Waals surface area contributed by atoms with Crippen LogP contribution in [0.2, 0.25) is 0 Å². The van der Waals surface area contributed by atoms with Crippen LogP contribution in [0.15, 0.2) is 12.4 Å². The lowest BCUT2D eigenvalue weighted by atomic mass is 9.90. The maximum absolute atomic E-state index is 10.5. The van der Waals surface area contributed by atoms with E-state index in [9.17, 15) is 5.11 Å². The molecule has 1 aromatic rings. The molecule has 2 rings (SSSR count). The van der Waals surface area contributed by atoms with E-state index in [0.717, 1.165) is 31.9 Å². The molecule has 0 aromatic carbocycles. The first-order valence-corrected chi connectivity index (χ1v) is 6.01. The van der Waals surface area contributed by atoms with Crippen LogP contribution in [-0.4, -0.2) is 51.6 Å². The number of hydrogen-bond acceptors (Lipinski definition) is 4. The molecule has 1 N–H and O–H groups in total. The molecule has 1 atom stereocenters. The Bertz CT molecular complexity index is 370. The van der Waals surface area contributed by atoms with Crippen LogP contribution in [-0.2, 0) is 11.8 Å². The highest BCUT2D eigenvalue weighted by atomic mass is 16.5. The van der Waals surface area contributed by atoms with Crippen LogP contribution in [0.1, 0.15) is 25.5 Å². The van der Waals surface area contributed by atoms with Gasteiger partial charge in [-0.05, 0) is 13.8 Å². The van der Waals surface area contributed by atoms with E-state index in [0.29, 0.717) is 0 Å². The molecule has 96 valence electrons. The Morgan fingerprint density at radius 3 is 2.59 bits per heavy atom. The van der Waals surface area contributed by atoms with Crippen LogP contribution in [0, 0.1) is 0 Å². The molecule has 1 saturated heterocycles. The van der Waals surface area contributed by atoms with E-state index >= 15 is 0 Å². The summed E-state index contributed by atoms with van der Waals surface area (Å²) in [6.45, 7) is 7.34. The number of aliphatic hydroxyl groups is 1. The molecule has 0 spiro atoms. The second kappa shape index (κ2) is 4.76. The van der Waals surface area contributed by atoms with Crippen molar-refractivity contribution in [1.29, 1.82) is 0 Å². The minimum absolute atomic E-state index is 0.299. The zero-order chi connectivity index (χ0) is 12.5. The molecule has 1 aromatic heterocycles. The molecule has 0 radical (unpaired) electrons. The van der Waals surface area contributed by atoms with Gasteiger partial charge in [-0.2, -0.15) is 5.10 Å². The lowest BCUT2D eigenvalue weighted by Crippen LogP contribution is -2.53. The molecule has 5 heteroatoms. The number of morpholine rings is 1. The number of aliphatic hydroxyl groups excluding tert-OH is 1. The molecule has 0 amide bonds. The smallest absolute Gasteiger partial charge is 0.0998 e. The average Bonchev–Trinajstić information content (AvgIpc) is 2.76. The SMILES string of the molecule is Cn1cc(C(O)C(C)(C)N2CCOCC2)cn1. The molecule has 17 heavy (non-hydrogen) atoms. The van der Waals surface area contributed by atoms with Gasteiger partial charge in [0.15, 0.2) is 0 Å². The van der Waals surface area contributed by atoms with Gasteiger partial charge in [-0.3, -0.25) is 9.58 Å². The van der Waals surface area contributed by atoms with Crippen molar-refractivity contribution in [3.63, 3.8) is 0 Å². The van der Waals surface area contributed by atoms with Crippen molar-refractivity contribution >= 4 is 0 Å². The number of rotatable bonds is 3. The van der Waals surface area contributed by atoms with Crippen molar-refractivity contribution < 1.29 is 9.84 Å². The molecule has 1 fully saturated rings. The number of nitrogens with zero attached hydrogens (tertiary/aromatic N) is 3. The maximum atomic E-state index is 10.5. The highest BCUT2D eigenvalue weighted by Gasteiger charge is 2.36. The van der Waals surface area contributed by atoms with E-state index < -0.39 is 6.10 Å². The van der Waals surface area contributed by atoms with Gasteiger partial charge in [-0.15, -0.1) is 0 Å². The molecule has 1 unspecified atom stereocenters. The molecule has 2 heterocycles. The largest absolute Gasteiger partial charge is 0.386 e. The quantitative estimate of drug-likeness (QED) is 0.837. The van der Waals surface area contributed by atoms with Gasteiger partial charge in [0.05, 0.1) is 25.5 Å². The van der Waals surface area contributed by atoms with Gasteiger partial charge in [0.2, 0.25) is 0 Å². The Balaban J connectivity index is 2.13. The molecule has 1 aliphatic rings. The fraction of sp³-hybridized carbons (Fsp3) is 0.750. The average molecular weight is 239 g/mol. The van der Waals surface area contributed by atoms with E-state index in [1.807, 2.05) is 13.2 Å². The zero-order valence-electron chi connectivity index (χ0n) is 10.8. The van der Waals surface area contributed by atoms with Crippen LogP contribution in [0.4, 0.5) is 0 Å². The lowest BCUT2D eigenvalue weighted by Gasteiger charge is -2.43. The van der Waals surface area contributed by atoms with Crippen molar-refractivity contribution in [2.45, 2.75) is 25.5 Å². The van der Waals surface area contributed by atoms with Crippen LogP contribution >= 0.6 is 0 Å². The minimum atomic E-state index is -0.533. The third-order valence-corrected chi connectivity index (χ3v) is 3.54. The fourth-order valence-electron chi connectivity index (χ4n) is 2.30. The molecular formula is C12H21N3O2. The normalized spacial score (nSPS) is 20.5. The predicted molar refractivity (Wildman–Crippen MR) is 64.6 cm³/mol. The van der Waals surface area contributed by atoms with Crippen molar-refractivity contribution in [2.24, 2.45) is 7.05 Å². The second-order valence-electron chi connectivity index (χ2n) is 5.10. The van der Waals surface area contributed by atoms with E-state index in [2.05, 4.69) is 23.8 Å². The fourth-order valence-corrected chi connectivity index (χ4v) is 2.30. The number of aromatic nitrogens is 2. The Labute approximate surface area is 102 Å². The van der Waals surface area contributed by atoms with Crippen LogP contribution in [0.25, 0.3) is 0 Å². The summed E-state index contributed by atoms with van der Waals surface area (Å²) in [5.74, 6) is 0. The van der Waals surface area contributed by atoms with Crippen molar-refractivity contribution in [3.05, 3.63) is 18.0 Å². The summed E-state index contributed by atoms with van der Waals surface area (Å²) in [7, 11) is 1.86. The van der Waals surface area contributed by atoms with E-state index in [4.69, 9.17) is 4.74 Å². The van der Waals surface area contributed by atoms with E-state index in [1.165, 1.54) is 0 Å². The zero-order valence-corrected chi connectivity index (χ0v) is 10.8. The highest BCUT2D eigenvalue weighted by Crippen LogP contribution is 2.31. The van der Waals surface area contributed by atoms with Crippen LogP contribution in [0.3, 0.4) is 0 Å². The van der Waals surface area contributed by atoms with Gasteiger partial charge in [0.25, 0.3) is 0 Å². The molecule has 0 bridgehead atoms. The summed E-state index contributed by atoms with van der Waals surface area (Å²) < 4.78 is 7.06. The van der Waals surface area contributed by atoms with Crippen molar-refractivity contribution in [2.75, 3.05) is 26.3 Å². The Kier molecular flexibility index (Phi) is 3.51. The first kappa shape index (κ1) is 12.5. The molecule has 0 aliphatic carbocycles. The van der Waals surface area contributed by atoms with Gasteiger partial charge in [0, 0.05) is 37.4 Å². The highest BCUT2D eigenvalue weighted by molar-refractivity contribution is 5.13. The number of hydrogen-bond donors (Lipinski definition) is 1. The van der Waals surface area contributed by atoms with Gasteiger partial charge in [0.1, 0.15) is 0 Å². The lowest BCUT2D eigenvalue weighted by molar-refractivity contribution is -0.0630. The summed E-state index contributed by atoms with van der Waals surface area (Å²) in [6, 6.07) is 0. The first-order chi connectivity index (χ1) is 8.01. The summed E-state index contributed by atoms with van der Waals surface area (Å²) in [4.78, 5) is 2.27. The van der Waals surface area contributed by atoms with E-state index in [1.54, 1.807) is 10.9 Å². The standard InChI is InChI=1S/C12H21N3O2/c1-12(2,15-4-6-17-7-5-15)11(16)10-8-13-14(3)9-10/h8-9,11,16H,4-7H2,1-3H3. The summed E-state index contributed by atoms with van der Waals surface area (Å²) in [5, 5.41) is 14.6. The molecule has 0 saturated carbocycles. The molecule has 5 nitrogen and oxygen atoms in total. The van der Waals surface area contributed by atoms with Crippen molar-refractivity contribution in [3.8, 4) is 0 Å². The van der Waals surface area contributed by atoms with Crippen molar-refractivity contribution in [1.82, 2.24) is 14.7 Å². The Morgan fingerprint density at radius 1 is 1.41 bits per heavy atom. The Hall–Kier alpha value is -0.910.